The predicted octanol–water partition coefficient (Wildman–Crippen LogP) is 4.06. The summed E-state index contributed by atoms with van der Waals surface area (Å²) in [6.45, 7) is 0. The van der Waals surface area contributed by atoms with E-state index >= 15 is 0 Å². The summed E-state index contributed by atoms with van der Waals surface area (Å²) in [5, 5.41) is 0. The predicted molar refractivity (Wildman–Crippen MR) is 108 cm³/mol. The molecule has 0 aliphatic rings. The smallest absolute Gasteiger partial charge is 0.416 e. The molecule has 0 saturated heterocycles. The maximum atomic E-state index is 11.9. The summed E-state index contributed by atoms with van der Waals surface area (Å²) in [6.07, 6.45) is -0.499. The van der Waals surface area contributed by atoms with Crippen molar-refractivity contribution in [3.8, 4) is 28.8 Å². The van der Waals surface area contributed by atoms with Crippen molar-refractivity contribution in [1.29, 1.82) is 0 Å². The lowest BCUT2D eigenvalue weighted by Crippen LogP contribution is -2.26. The van der Waals surface area contributed by atoms with Crippen LogP contribution in [0.4, 0.5) is 10.6 Å². The fourth-order valence-electron chi connectivity index (χ4n) is 2.30. The van der Waals surface area contributed by atoms with Crippen LogP contribution in [-0.4, -0.2) is 49.2 Å². The molecule has 28 heavy (non-hydrogen) atoms. The molecule has 0 saturated carbocycles. The van der Waals surface area contributed by atoms with E-state index in [9.17, 15) is 4.79 Å². The van der Waals surface area contributed by atoms with Crippen molar-refractivity contribution < 1.29 is 14.3 Å². The zero-order valence-corrected chi connectivity index (χ0v) is 16.3. The van der Waals surface area contributed by atoms with E-state index in [4.69, 9.17) is 9.47 Å². The normalized spacial score (nSPS) is 10.3. The van der Waals surface area contributed by atoms with Gasteiger partial charge in [0.15, 0.2) is 5.82 Å². The summed E-state index contributed by atoms with van der Waals surface area (Å²) in [5.74, 6) is 2.75. The number of aromatic nitrogens is 2. The van der Waals surface area contributed by atoms with E-state index in [-0.39, 0.29) is 5.88 Å². The van der Waals surface area contributed by atoms with Gasteiger partial charge < -0.3 is 19.3 Å². The third kappa shape index (κ3) is 4.76. The van der Waals surface area contributed by atoms with E-state index in [0.717, 1.165) is 11.3 Å². The second-order valence-corrected chi connectivity index (χ2v) is 6.48. The fraction of sp³-hybridized carbons (Fsp3) is 0.190. The number of rotatable bonds is 5. The molecule has 1 aromatic heterocycles. The first kappa shape index (κ1) is 19.2. The van der Waals surface area contributed by atoms with Crippen molar-refractivity contribution in [1.82, 2.24) is 14.9 Å². The molecular formula is C21H22N4O3. The van der Waals surface area contributed by atoms with Gasteiger partial charge in [0.25, 0.3) is 0 Å². The molecule has 3 aromatic rings. The first-order valence-electron chi connectivity index (χ1n) is 8.71. The molecular weight excluding hydrogens is 356 g/mol. The van der Waals surface area contributed by atoms with Crippen LogP contribution in [0.2, 0.25) is 0 Å². The number of carbonyl (C=O) groups excluding carboxylic acids is 1. The summed E-state index contributed by atoms with van der Waals surface area (Å²) in [4.78, 5) is 23.9. The number of benzene rings is 2. The maximum Gasteiger partial charge on any atom is 0.416 e. The van der Waals surface area contributed by atoms with E-state index < -0.39 is 6.09 Å². The third-order valence-electron chi connectivity index (χ3n) is 3.80. The standard InChI is InChI=1S/C21H22N4O3/c1-24(2)18-14-19(28-21(26)25(3)4)23-20(22-18)15-10-12-17(13-11-15)27-16-8-6-5-7-9-16/h5-14H,1-4H3. The molecule has 3 rings (SSSR count). The largest absolute Gasteiger partial charge is 0.457 e. The monoisotopic (exact) mass is 378 g/mol. The molecule has 7 heteroatoms. The van der Waals surface area contributed by atoms with Gasteiger partial charge in [-0.05, 0) is 36.4 Å². The molecule has 0 spiro atoms. The van der Waals surface area contributed by atoms with Crippen molar-refractivity contribution in [3.63, 3.8) is 0 Å². The average molecular weight is 378 g/mol. The molecule has 0 aliphatic heterocycles. The minimum Gasteiger partial charge on any atom is -0.457 e. The van der Waals surface area contributed by atoms with Crippen LogP contribution in [0.15, 0.2) is 60.7 Å². The highest BCUT2D eigenvalue weighted by molar-refractivity contribution is 5.70. The Morgan fingerprint density at radius 2 is 1.50 bits per heavy atom. The van der Waals surface area contributed by atoms with Gasteiger partial charge in [-0.15, -0.1) is 0 Å². The highest BCUT2D eigenvalue weighted by atomic mass is 16.6. The molecule has 0 atom stereocenters. The van der Waals surface area contributed by atoms with Crippen LogP contribution < -0.4 is 14.4 Å². The lowest BCUT2D eigenvalue weighted by Gasteiger charge is -2.15. The number of ether oxygens (including phenoxy) is 2. The Morgan fingerprint density at radius 1 is 0.857 bits per heavy atom. The quantitative estimate of drug-likeness (QED) is 0.667. The lowest BCUT2D eigenvalue weighted by molar-refractivity contribution is 0.170. The highest BCUT2D eigenvalue weighted by Crippen LogP contribution is 2.27. The molecule has 0 aliphatic carbocycles. The van der Waals surface area contributed by atoms with E-state index in [1.807, 2.05) is 73.6 Å². The Kier molecular flexibility index (Phi) is 5.74. The zero-order chi connectivity index (χ0) is 20.1. The number of hydrogen-bond acceptors (Lipinski definition) is 6. The molecule has 1 heterocycles. The topological polar surface area (TPSA) is 67.8 Å². The number of hydrogen-bond donors (Lipinski definition) is 0. The Morgan fingerprint density at radius 3 is 2.11 bits per heavy atom. The summed E-state index contributed by atoms with van der Waals surface area (Å²) < 4.78 is 11.1. The summed E-state index contributed by atoms with van der Waals surface area (Å²) in [7, 11) is 6.95. The highest BCUT2D eigenvalue weighted by Gasteiger charge is 2.13. The van der Waals surface area contributed by atoms with Crippen LogP contribution in [0.3, 0.4) is 0 Å². The molecule has 0 bridgehead atoms. The van der Waals surface area contributed by atoms with Crippen molar-refractivity contribution in [3.05, 3.63) is 60.7 Å². The molecule has 144 valence electrons. The van der Waals surface area contributed by atoms with Crippen molar-refractivity contribution in [2.24, 2.45) is 0 Å². The molecule has 1 amide bonds. The zero-order valence-electron chi connectivity index (χ0n) is 16.3. The van der Waals surface area contributed by atoms with Crippen molar-refractivity contribution >= 4 is 11.9 Å². The van der Waals surface area contributed by atoms with Crippen molar-refractivity contribution in [2.75, 3.05) is 33.1 Å². The first-order valence-corrected chi connectivity index (χ1v) is 8.71. The first-order chi connectivity index (χ1) is 13.4. The van der Waals surface area contributed by atoms with Gasteiger partial charge in [0, 0.05) is 39.8 Å². The van der Waals surface area contributed by atoms with Gasteiger partial charge in [0.1, 0.15) is 17.3 Å². The lowest BCUT2D eigenvalue weighted by atomic mass is 10.2. The third-order valence-corrected chi connectivity index (χ3v) is 3.80. The SMILES string of the molecule is CN(C)C(=O)Oc1cc(N(C)C)nc(-c2ccc(Oc3ccccc3)cc2)n1. The van der Waals surface area contributed by atoms with Gasteiger partial charge in [-0.25, -0.2) is 9.78 Å². The number of carbonyl (C=O) groups is 1. The van der Waals surface area contributed by atoms with Crippen LogP contribution in [0.5, 0.6) is 17.4 Å². The van der Waals surface area contributed by atoms with Crippen LogP contribution in [0.25, 0.3) is 11.4 Å². The van der Waals surface area contributed by atoms with Gasteiger partial charge in [-0.3, -0.25) is 0 Å². The summed E-state index contributed by atoms with van der Waals surface area (Å²) in [5.41, 5.74) is 0.784. The van der Waals surface area contributed by atoms with E-state index in [1.54, 1.807) is 20.2 Å². The molecule has 0 N–H and O–H groups in total. The Labute approximate surface area is 164 Å². The maximum absolute atomic E-state index is 11.9. The molecule has 0 radical (unpaired) electrons. The van der Waals surface area contributed by atoms with Gasteiger partial charge in [0.05, 0.1) is 0 Å². The minimum absolute atomic E-state index is 0.192. The van der Waals surface area contributed by atoms with Gasteiger partial charge >= 0.3 is 6.09 Å². The Hall–Kier alpha value is -3.61. The number of anilines is 1. The van der Waals surface area contributed by atoms with E-state index in [0.29, 0.717) is 17.4 Å². The average Bonchev–Trinajstić information content (AvgIpc) is 2.69. The van der Waals surface area contributed by atoms with E-state index in [2.05, 4.69) is 9.97 Å². The summed E-state index contributed by atoms with van der Waals surface area (Å²) >= 11 is 0. The van der Waals surface area contributed by atoms with Crippen molar-refractivity contribution in [2.45, 2.75) is 0 Å². The van der Waals surface area contributed by atoms with Gasteiger partial charge in [0.2, 0.25) is 5.88 Å². The van der Waals surface area contributed by atoms with E-state index in [1.165, 1.54) is 4.90 Å². The molecule has 0 unspecified atom stereocenters. The number of para-hydroxylation sites is 1. The fourth-order valence-corrected chi connectivity index (χ4v) is 2.30. The van der Waals surface area contributed by atoms with Crippen LogP contribution in [-0.2, 0) is 0 Å². The van der Waals surface area contributed by atoms with Crippen LogP contribution >= 0.6 is 0 Å². The van der Waals surface area contributed by atoms with Crippen LogP contribution in [0, 0.1) is 0 Å². The molecule has 7 nitrogen and oxygen atoms in total. The minimum atomic E-state index is -0.499. The second-order valence-electron chi connectivity index (χ2n) is 6.48. The van der Waals surface area contributed by atoms with Gasteiger partial charge in [-0.1, -0.05) is 18.2 Å². The van der Waals surface area contributed by atoms with Gasteiger partial charge in [-0.2, -0.15) is 4.98 Å². The second kappa shape index (κ2) is 8.39. The number of amides is 1. The summed E-state index contributed by atoms with van der Waals surface area (Å²) in [6, 6.07) is 18.6. The van der Waals surface area contributed by atoms with Crippen LogP contribution in [0.1, 0.15) is 0 Å². The Balaban J connectivity index is 1.87. The number of nitrogens with zero attached hydrogens (tertiary/aromatic N) is 4. The Bertz CT molecular complexity index is 942. The molecule has 2 aromatic carbocycles. The molecule has 0 fully saturated rings.